The second kappa shape index (κ2) is 8.13. The highest BCUT2D eigenvalue weighted by Gasteiger charge is 2.40. The van der Waals surface area contributed by atoms with E-state index < -0.39 is 23.7 Å². The maximum Gasteiger partial charge on any atom is 0.353 e. The molecule has 0 radical (unpaired) electrons. The zero-order valence-corrected chi connectivity index (χ0v) is 17.1. The molecule has 1 aromatic heterocycles. The van der Waals surface area contributed by atoms with Gasteiger partial charge in [-0.1, -0.05) is 12.2 Å². The van der Waals surface area contributed by atoms with E-state index in [4.69, 9.17) is 4.74 Å². The van der Waals surface area contributed by atoms with E-state index in [0.717, 1.165) is 6.08 Å². The SMILES string of the molecule is COc1ccc(NC2=NC(=O)N(C)C3=NCC(C4=C/C(F)=C\C(F)=C/C=C\4)N23)c(C)n1. The molecule has 0 saturated carbocycles. The number of anilines is 1. The van der Waals surface area contributed by atoms with E-state index >= 15 is 0 Å². The maximum atomic E-state index is 14.2. The van der Waals surface area contributed by atoms with Crippen LogP contribution in [0.5, 0.6) is 5.88 Å². The van der Waals surface area contributed by atoms with E-state index in [9.17, 15) is 13.6 Å². The molecule has 3 heterocycles. The van der Waals surface area contributed by atoms with Crippen molar-refractivity contribution < 1.29 is 18.3 Å². The summed E-state index contributed by atoms with van der Waals surface area (Å²) >= 11 is 0. The number of halogens is 2. The van der Waals surface area contributed by atoms with Crippen LogP contribution in [0.2, 0.25) is 0 Å². The molecule has 4 rings (SSSR count). The normalized spacial score (nSPS) is 26.8. The standard InChI is InChI=1S/C21H20F2N6O2/c1-12-16(7-8-18(25-12)31-3)26-19-27-21(30)28(2)20-24-11-17(29(19)20)13-5-4-6-14(22)10-15(23)9-13/h4-10,17H,11H2,1-3H3,(H,26,27,30)/b5-4-,6-4?,13-5?,13-9+,14-6+,14-10?,15-9?,15-10+. The van der Waals surface area contributed by atoms with Gasteiger partial charge in [0.2, 0.25) is 17.8 Å². The lowest BCUT2D eigenvalue weighted by molar-refractivity contribution is 0.230. The average Bonchev–Trinajstić information content (AvgIpc) is 3.16. The third kappa shape index (κ3) is 3.96. The van der Waals surface area contributed by atoms with Crippen LogP contribution in [0.4, 0.5) is 19.3 Å². The fourth-order valence-electron chi connectivity index (χ4n) is 3.41. The van der Waals surface area contributed by atoms with Gasteiger partial charge in [-0.15, -0.1) is 0 Å². The van der Waals surface area contributed by atoms with Gasteiger partial charge in [-0.25, -0.2) is 23.6 Å². The molecule has 1 unspecified atom stereocenters. The quantitative estimate of drug-likeness (QED) is 0.800. The van der Waals surface area contributed by atoms with Gasteiger partial charge in [0.15, 0.2) is 0 Å². The van der Waals surface area contributed by atoms with Crippen molar-refractivity contribution in [1.29, 1.82) is 0 Å². The number of ether oxygens (including phenoxy) is 1. The van der Waals surface area contributed by atoms with Gasteiger partial charge in [0, 0.05) is 19.2 Å². The smallest absolute Gasteiger partial charge is 0.353 e. The summed E-state index contributed by atoms with van der Waals surface area (Å²) in [5, 5.41) is 3.14. The van der Waals surface area contributed by atoms with Gasteiger partial charge < -0.3 is 10.1 Å². The number of aryl methyl sites for hydroxylation is 1. The van der Waals surface area contributed by atoms with Crippen molar-refractivity contribution >= 4 is 23.6 Å². The Bertz CT molecular complexity index is 1120. The summed E-state index contributed by atoms with van der Waals surface area (Å²) in [4.78, 5) is 28.4. The van der Waals surface area contributed by atoms with Crippen LogP contribution in [0, 0.1) is 6.92 Å². The van der Waals surface area contributed by atoms with Crippen LogP contribution in [0.15, 0.2) is 69.7 Å². The molecule has 160 valence electrons. The van der Waals surface area contributed by atoms with Crippen molar-refractivity contribution in [3.05, 3.63) is 65.4 Å². The van der Waals surface area contributed by atoms with E-state index in [1.165, 1.54) is 30.2 Å². The Kier molecular flexibility index (Phi) is 5.37. The molecule has 10 heteroatoms. The summed E-state index contributed by atoms with van der Waals surface area (Å²) in [5.41, 5.74) is 1.82. The molecule has 0 fully saturated rings. The van der Waals surface area contributed by atoms with Gasteiger partial charge in [0.05, 0.1) is 31.1 Å². The van der Waals surface area contributed by atoms with E-state index in [-0.39, 0.29) is 12.5 Å². The lowest BCUT2D eigenvalue weighted by Gasteiger charge is -2.35. The number of amides is 2. The third-order valence-corrected chi connectivity index (χ3v) is 4.97. The summed E-state index contributed by atoms with van der Waals surface area (Å²) in [5.74, 6) is -0.319. The van der Waals surface area contributed by atoms with Crippen LogP contribution in [0.1, 0.15) is 5.69 Å². The van der Waals surface area contributed by atoms with Gasteiger partial charge >= 0.3 is 6.03 Å². The fourth-order valence-corrected chi connectivity index (χ4v) is 3.41. The topological polar surface area (TPSA) is 82.4 Å². The molecule has 31 heavy (non-hydrogen) atoms. The highest BCUT2D eigenvalue weighted by molar-refractivity contribution is 6.17. The minimum atomic E-state index is -0.718. The highest BCUT2D eigenvalue weighted by Crippen LogP contribution is 2.28. The Balaban J connectivity index is 1.70. The summed E-state index contributed by atoms with van der Waals surface area (Å²) in [7, 11) is 3.09. The summed E-state index contributed by atoms with van der Waals surface area (Å²) in [6.45, 7) is 2.06. The molecule has 0 bridgehead atoms. The summed E-state index contributed by atoms with van der Waals surface area (Å²) in [6.07, 6.45) is 6.35. The molecule has 2 amide bonds. The molecular weight excluding hydrogens is 406 g/mol. The first-order valence-corrected chi connectivity index (χ1v) is 9.48. The van der Waals surface area contributed by atoms with Crippen molar-refractivity contribution in [1.82, 2.24) is 14.8 Å². The number of urea groups is 1. The predicted molar refractivity (Wildman–Crippen MR) is 113 cm³/mol. The number of hydrogen-bond acceptors (Lipinski definition) is 6. The lowest BCUT2D eigenvalue weighted by Crippen LogP contribution is -2.55. The molecule has 8 nitrogen and oxygen atoms in total. The summed E-state index contributed by atoms with van der Waals surface area (Å²) in [6, 6.07) is 2.51. The van der Waals surface area contributed by atoms with Crippen molar-refractivity contribution in [2.24, 2.45) is 9.98 Å². The number of pyridine rings is 1. The molecule has 1 aromatic rings. The van der Waals surface area contributed by atoms with Gasteiger partial charge in [0.25, 0.3) is 0 Å². The number of guanidine groups is 2. The molecule has 1 atom stereocenters. The molecule has 1 aliphatic carbocycles. The van der Waals surface area contributed by atoms with Gasteiger partial charge in [-0.2, -0.15) is 4.99 Å². The van der Waals surface area contributed by atoms with Crippen LogP contribution < -0.4 is 10.1 Å². The first-order valence-electron chi connectivity index (χ1n) is 9.48. The lowest BCUT2D eigenvalue weighted by atomic mass is 10.0. The van der Waals surface area contributed by atoms with Crippen LogP contribution in [-0.2, 0) is 0 Å². The van der Waals surface area contributed by atoms with E-state index in [1.807, 2.05) is 0 Å². The van der Waals surface area contributed by atoms with E-state index in [1.54, 1.807) is 37.1 Å². The zero-order valence-electron chi connectivity index (χ0n) is 17.1. The molecule has 1 N–H and O–H groups in total. The monoisotopic (exact) mass is 426 g/mol. The minimum absolute atomic E-state index is 0.238. The van der Waals surface area contributed by atoms with Crippen molar-refractivity contribution in [2.45, 2.75) is 13.0 Å². The third-order valence-electron chi connectivity index (χ3n) is 4.97. The number of allylic oxidation sites excluding steroid dienone is 6. The molecule has 0 aromatic carbocycles. The maximum absolute atomic E-state index is 14.2. The van der Waals surface area contributed by atoms with Crippen molar-refractivity contribution in [3.8, 4) is 5.88 Å². The highest BCUT2D eigenvalue weighted by atomic mass is 19.1. The van der Waals surface area contributed by atoms with Crippen LogP contribution in [-0.4, -0.2) is 59.5 Å². The van der Waals surface area contributed by atoms with Gasteiger partial charge in [-0.3, -0.25) is 9.80 Å². The number of nitrogens with one attached hydrogen (secondary N) is 1. The number of rotatable bonds is 3. The Morgan fingerprint density at radius 3 is 2.77 bits per heavy atom. The second-order valence-corrected chi connectivity index (χ2v) is 7.00. The Morgan fingerprint density at radius 1 is 1.23 bits per heavy atom. The van der Waals surface area contributed by atoms with Crippen molar-refractivity contribution in [3.63, 3.8) is 0 Å². The van der Waals surface area contributed by atoms with Gasteiger partial charge in [-0.05, 0) is 30.7 Å². The molecule has 3 aliphatic rings. The summed E-state index contributed by atoms with van der Waals surface area (Å²) < 4.78 is 32.8. The number of fused-ring (bicyclic) bond motifs is 1. The molecule has 0 saturated heterocycles. The molecule has 2 aliphatic heterocycles. The van der Waals surface area contributed by atoms with Crippen LogP contribution in [0.3, 0.4) is 0 Å². The van der Waals surface area contributed by atoms with E-state index in [0.29, 0.717) is 28.8 Å². The second-order valence-electron chi connectivity index (χ2n) is 7.00. The van der Waals surface area contributed by atoms with Crippen LogP contribution >= 0.6 is 0 Å². The predicted octanol–water partition coefficient (Wildman–Crippen LogP) is 3.48. The number of carbonyl (C=O) groups is 1. The van der Waals surface area contributed by atoms with Crippen LogP contribution in [0.25, 0.3) is 0 Å². The number of hydrogen-bond donors (Lipinski definition) is 1. The largest absolute Gasteiger partial charge is 0.481 e. The zero-order chi connectivity index (χ0) is 22.1. The number of aliphatic imine (C=N–C) groups is 2. The van der Waals surface area contributed by atoms with E-state index in [2.05, 4.69) is 20.3 Å². The van der Waals surface area contributed by atoms with Crippen molar-refractivity contribution in [2.75, 3.05) is 26.0 Å². The first-order chi connectivity index (χ1) is 14.9. The number of nitrogens with zero attached hydrogens (tertiary/aromatic N) is 5. The van der Waals surface area contributed by atoms with Gasteiger partial charge in [0.1, 0.15) is 11.7 Å². The minimum Gasteiger partial charge on any atom is -0.481 e. The number of carbonyl (C=O) groups excluding carboxylic acids is 1. The molecule has 0 spiro atoms. The fraction of sp³-hybridized carbons (Fsp3) is 0.238. The Hall–Kier alpha value is -3.82. The Labute approximate surface area is 177 Å². The number of methoxy groups -OCH3 is 1. The Morgan fingerprint density at radius 2 is 2.03 bits per heavy atom. The number of aromatic nitrogens is 1. The average molecular weight is 426 g/mol. The first kappa shape index (κ1) is 20.5. The molecular formula is C21H20F2N6O2.